The zero-order valence-corrected chi connectivity index (χ0v) is 16.2. The van der Waals surface area contributed by atoms with E-state index >= 15 is 0 Å². The second-order valence-electron chi connectivity index (χ2n) is 7.31. The van der Waals surface area contributed by atoms with Crippen LogP contribution in [-0.4, -0.2) is 40.3 Å². The van der Waals surface area contributed by atoms with Crippen LogP contribution in [-0.2, 0) is 6.54 Å². The lowest BCUT2D eigenvalue weighted by atomic mass is 10.2. The van der Waals surface area contributed by atoms with E-state index in [-0.39, 0.29) is 6.10 Å². The maximum atomic E-state index is 10.8. The number of aliphatic hydroxyl groups excluding tert-OH is 1. The zero-order chi connectivity index (χ0) is 18.4. The minimum atomic E-state index is -0.358. The highest BCUT2D eigenvalue weighted by Gasteiger charge is 2.15. The Hall–Kier alpha value is -1.84. The van der Waals surface area contributed by atoms with Gasteiger partial charge in [-0.2, -0.15) is 0 Å². The normalized spacial score (nSPS) is 13.1. The lowest BCUT2D eigenvalue weighted by Gasteiger charge is -2.25. The van der Waals surface area contributed by atoms with Crippen LogP contribution in [0.15, 0.2) is 48.5 Å². The molecule has 1 atom stereocenters. The quantitative estimate of drug-likeness (QED) is 0.552. The van der Waals surface area contributed by atoms with Crippen LogP contribution in [0, 0.1) is 0 Å². The molecule has 1 aromatic heterocycles. The molecule has 1 N–H and O–H groups in total. The fourth-order valence-electron chi connectivity index (χ4n) is 3.82. The first kappa shape index (κ1) is 18.9. The molecule has 3 heteroatoms. The number of nitrogens with zero attached hydrogens (tertiary/aromatic N) is 2. The minimum absolute atomic E-state index is 0.358. The van der Waals surface area contributed by atoms with Gasteiger partial charge in [-0.1, -0.05) is 63.1 Å². The smallest absolute Gasteiger partial charge is 0.0845 e. The van der Waals surface area contributed by atoms with Crippen molar-refractivity contribution in [3.8, 4) is 0 Å². The molecule has 3 nitrogen and oxygen atoms in total. The van der Waals surface area contributed by atoms with E-state index in [0.29, 0.717) is 6.54 Å². The van der Waals surface area contributed by atoms with Crippen molar-refractivity contribution < 1.29 is 5.11 Å². The molecule has 0 aliphatic rings. The van der Waals surface area contributed by atoms with Crippen LogP contribution in [0.4, 0.5) is 0 Å². The summed E-state index contributed by atoms with van der Waals surface area (Å²) in [6.45, 7) is 8.02. The molecule has 0 fully saturated rings. The van der Waals surface area contributed by atoms with Crippen molar-refractivity contribution in [2.45, 2.75) is 52.2 Å². The first-order chi connectivity index (χ1) is 12.7. The van der Waals surface area contributed by atoms with Gasteiger partial charge in [0.15, 0.2) is 0 Å². The molecule has 0 radical (unpaired) electrons. The first-order valence-corrected chi connectivity index (χ1v) is 10.1. The molecule has 2 aromatic carbocycles. The van der Waals surface area contributed by atoms with Gasteiger partial charge in [-0.05, 0) is 38.1 Å². The Bertz CT molecular complexity index is 762. The Kier molecular flexibility index (Phi) is 6.70. The average molecular weight is 353 g/mol. The van der Waals surface area contributed by atoms with Crippen molar-refractivity contribution in [1.82, 2.24) is 9.47 Å². The molecule has 0 aliphatic heterocycles. The number of unbranched alkanes of at least 4 members (excludes halogenated alkanes) is 2. The van der Waals surface area contributed by atoms with Crippen molar-refractivity contribution in [2.75, 3.05) is 19.6 Å². The van der Waals surface area contributed by atoms with Gasteiger partial charge in [0.25, 0.3) is 0 Å². The maximum absolute atomic E-state index is 10.8. The van der Waals surface area contributed by atoms with Crippen molar-refractivity contribution in [3.63, 3.8) is 0 Å². The molecule has 0 bridgehead atoms. The molecular formula is C23H32N2O. The van der Waals surface area contributed by atoms with E-state index in [1.165, 1.54) is 47.5 Å². The number of para-hydroxylation sites is 2. The highest BCUT2D eigenvalue weighted by Crippen LogP contribution is 2.28. The van der Waals surface area contributed by atoms with Crippen molar-refractivity contribution in [1.29, 1.82) is 0 Å². The van der Waals surface area contributed by atoms with Gasteiger partial charge in [-0.3, -0.25) is 0 Å². The molecular weight excluding hydrogens is 320 g/mol. The fourth-order valence-corrected chi connectivity index (χ4v) is 3.82. The fraction of sp³-hybridized carbons (Fsp3) is 0.478. The summed E-state index contributed by atoms with van der Waals surface area (Å²) >= 11 is 0. The monoisotopic (exact) mass is 352 g/mol. The number of aromatic nitrogens is 1. The van der Waals surface area contributed by atoms with E-state index in [9.17, 15) is 5.11 Å². The lowest BCUT2D eigenvalue weighted by molar-refractivity contribution is 0.0982. The van der Waals surface area contributed by atoms with Crippen LogP contribution in [0.1, 0.15) is 39.5 Å². The molecule has 1 heterocycles. The summed E-state index contributed by atoms with van der Waals surface area (Å²) < 4.78 is 2.28. The predicted octanol–water partition coefficient (Wildman–Crippen LogP) is 5.06. The van der Waals surface area contributed by atoms with Crippen LogP contribution in [0.5, 0.6) is 0 Å². The lowest BCUT2D eigenvalue weighted by Crippen LogP contribution is -2.36. The standard InChI is InChI=1S/C23H32N2O/c1-3-5-15-24(16-6-4-2)17-19(26)18-25-22-13-9-7-11-20(22)21-12-8-10-14-23(21)25/h7-14,19,26H,3-6,15-18H2,1-2H3. The van der Waals surface area contributed by atoms with Gasteiger partial charge in [-0.25, -0.2) is 0 Å². The van der Waals surface area contributed by atoms with Gasteiger partial charge in [-0.15, -0.1) is 0 Å². The predicted molar refractivity (Wildman–Crippen MR) is 112 cm³/mol. The number of hydrogen-bond donors (Lipinski definition) is 1. The summed E-state index contributed by atoms with van der Waals surface area (Å²) in [7, 11) is 0. The molecule has 0 saturated carbocycles. The Balaban J connectivity index is 1.80. The minimum Gasteiger partial charge on any atom is -0.390 e. The van der Waals surface area contributed by atoms with Crippen molar-refractivity contribution in [3.05, 3.63) is 48.5 Å². The third-order valence-electron chi connectivity index (χ3n) is 5.20. The molecule has 0 spiro atoms. The highest BCUT2D eigenvalue weighted by molar-refractivity contribution is 6.07. The summed E-state index contributed by atoms with van der Waals surface area (Å²) in [6.07, 6.45) is 4.44. The molecule has 1 unspecified atom stereocenters. The van der Waals surface area contributed by atoms with Crippen LogP contribution >= 0.6 is 0 Å². The van der Waals surface area contributed by atoms with E-state index in [0.717, 1.165) is 19.6 Å². The first-order valence-electron chi connectivity index (χ1n) is 10.1. The van der Waals surface area contributed by atoms with E-state index in [2.05, 4.69) is 71.8 Å². The average Bonchev–Trinajstić information content (AvgIpc) is 2.98. The SMILES string of the molecule is CCCCN(CCCC)CC(O)Cn1c2ccccc2c2ccccc21. The molecule has 3 aromatic rings. The molecule has 0 aliphatic carbocycles. The van der Waals surface area contributed by atoms with E-state index in [1.54, 1.807) is 0 Å². The van der Waals surface area contributed by atoms with E-state index < -0.39 is 0 Å². The van der Waals surface area contributed by atoms with E-state index in [1.807, 2.05) is 0 Å². The molecule has 140 valence electrons. The number of hydrogen-bond acceptors (Lipinski definition) is 2. The number of aliphatic hydroxyl groups is 1. The van der Waals surface area contributed by atoms with Crippen LogP contribution in [0.3, 0.4) is 0 Å². The van der Waals surface area contributed by atoms with Crippen LogP contribution in [0.25, 0.3) is 21.8 Å². The summed E-state index contributed by atoms with van der Waals surface area (Å²) in [5.74, 6) is 0. The third-order valence-corrected chi connectivity index (χ3v) is 5.20. The van der Waals surface area contributed by atoms with Crippen LogP contribution in [0.2, 0.25) is 0 Å². The van der Waals surface area contributed by atoms with Gasteiger partial charge >= 0.3 is 0 Å². The van der Waals surface area contributed by atoms with Gasteiger partial charge in [0.05, 0.1) is 12.6 Å². The Labute approximate surface area is 157 Å². The summed E-state index contributed by atoms with van der Waals surface area (Å²) in [5, 5.41) is 13.4. The van der Waals surface area contributed by atoms with Gasteiger partial charge < -0.3 is 14.6 Å². The topological polar surface area (TPSA) is 28.4 Å². The van der Waals surface area contributed by atoms with Crippen LogP contribution < -0.4 is 0 Å². The van der Waals surface area contributed by atoms with Gasteiger partial charge in [0.2, 0.25) is 0 Å². The number of fused-ring (bicyclic) bond motifs is 3. The second kappa shape index (κ2) is 9.20. The van der Waals surface area contributed by atoms with Gasteiger partial charge in [0, 0.05) is 28.4 Å². The summed E-state index contributed by atoms with van der Waals surface area (Å²) in [5.41, 5.74) is 2.42. The van der Waals surface area contributed by atoms with E-state index in [4.69, 9.17) is 0 Å². The summed E-state index contributed by atoms with van der Waals surface area (Å²) in [4.78, 5) is 2.44. The second-order valence-corrected chi connectivity index (χ2v) is 7.31. The summed E-state index contributed by atoms with van der Waals surface area (Å²) in [6, 6.07) is 17.0. The molecule has 26 heavy (non-hydrogen) atoms. The highest BCUT2D eigenvalue weighted by atomic mass is 16.3. The Morgan fingerprint density at radius 2 is 1.35 bits per heavy atom. The molecule has 0 amide bonds. The Morgan fingerprint density at radius 1 is 0.846 bits per heavy atom. The zero-order valence-electron chi connectivity index (χ0n) is 16.2. The third kappa shape index (κ3) is 4.28. The number of benzene rings is 2. The van der Waals surface area contributed by atoms with Crippen molar-refractivity contribution >= 4 is 21.8 Å². The maximum Gasteiger partial charge on any atom is 0.0845 e. The van der Waals surface area contributed by atoms with Gasteiger partial charge in [0.1, 0.15) is 0 Å². The molecule has 0 saturated heterocycles. The Morgan fingerprint density at radius 3 is 1.85 bits per heavy atom. The molecule has 3 rings (SSSR count). The largest absolute Gasteiger partial charge is 0.390 e. The number of rotatable bonds is 10. The van der Waals surface area contributed by atoms with Crippen molar-refractivity contribution in [2.24, 2.45) is 0 Å².